The highest BCUT2D eigenvalue weighted by Crippen LogP contribution is 1.91. The molecule has 14 heavy (non-hydrogen) atoms. The first-order valence-corrected chi connectivity index (χ1v) is 3.51. The van der Waals surface area contributed by atoms with Crippen LogP contribution in [0.4, 0.5) is 0 Å². The number of aliphatic hydroxyl groups is 2. The summed E-state index contributed by atoms with van der Waals surface area (Å²) < 4.78 is 8.45. The predicted molar refractivity (Wildman–Crippen MR) is 45.5 cm³/mol. The predicted octanol–water partition coefficient (Wildman–Crippen LogP) is 0.216. The summed E-state index contributed by atoms with van der Waals surface area (Å²) in [5, 5.41) is 17.0. The molecule has 0 aromatic heterocycles. The second-order valence-corrected chi connectivity index (χ2v) is 2.28. The smallest absolute Gasteiger partial charge is 0.417 e. The van der Waals surface area contributed by atoms with Gasteiger partial charge in [0, 0.05) is 0 Å². The van der Waals surface area contributed by atoms with Gasteiger partial charge in [0.05, 0.1) is 0 Å². The second kappa shape index (κ2) is 5.63. The molecule has 0 bridgehead atoms. The normalized spacial score (nSPS) is 8.86. The molecule has 0 fully saturated rings. The van der Waals surface area contributed by atoms with Crippen molar-refractivity contribution in [3.05, 3.63) is 24.7 Å². The maximum Gasteiger partial charge on any atom is 0.417 e. The van der Waals surface area contributed by atoms with Crippen molar-refractivity contribution in [3.8, 4) is 0 Å². The van der Waals surface area contributed by atoms with Gasteiger partial charge in [-0.05, 0) is 0 Å². The minimum Gasteiger partial charge on any atom is -0.509 e. The minimum atomic E-state index is -1.28. The molecule has 0 unspecified atom stereocenters. The molecule has 6 heteroatoms. The fourth-order valence-corrected chi connectivity index (χ4v) is 0.416. The highest BCUT2D eigenvalue weighted by atomic mass is 16.6. The summed E-state index contributed by atoms with van der Waals surface area (Å²) in [7, 11) is 0. The molecule has 0 aliphatic carbocycles. The van der Waals surface area contributed by atoms with E-state index < -0.39 is 36.7 Å². The van der Waals surface area contributed by atoms with Crippen molar-refractivity contribution in [2.75, 3.05) is 13.2 Å². The van der Waals surface area contributed by atoms with Crippen LogP contribution in [0.1, 0.15) is 0 Å². The zero-order valence-corrected chi connectivity index (χ0v) is 7.36. The number of carbonyl (C=O) groups excluding carboxylic acids is 2. The Morgan fingerprint density at radius 3 is 1.43 bits per heavy atom. The molecular weight excluding hydrogens is 192 g/mol. The van der Waals surface area contributed by atoms with E-state index in [-0.39, 0.29) is 0 Å². The molecule has 0 heterocycles. The first-order chi connectivity index (χ1) is 6.43. The lowest BCUT2D eigenvalue weighted by atomic mass is 10.6. The van der Waals surface area contributed by atoms with Crippen LogP contribution < -0.4 is 0 Å². The fraction of sp³-hybridized carbons (Fsp3) is 0.250. The van der Waals surface area contributed by atoms with Crippen LogP contribution in [0.2, 0.25) is 0 Å². The van der Waals surface area contributed by atoms with E-state index in [1.54, 1.807) is 0 Å². The van der Waals surface area contributed by atoms with E-state index >= 15 is 0 Å². The van der Waals surface area contributed by atoms with Crippen molar-refractivity contribution in [1.82, 2.24) is 0 Å². The highest BCUT2D eigenvalue weighted by Gasteiger charge is 2.17. The summed E-state index contributed by atoms with van der Waals surface area (Å²) in [5.74, 6) is -3.33. The van der Waals surface area contributed by atoms with E-state index in [0.29, 0.717) is 0 Å². The molecule has 0 aliphatic heterocycles. The molecule has 2 N–H and O–H groups in total. The Balaban J connectivity index is 3.82. The van der Waals surface area contributed by atoms with Crippen LogP contribution in [0.25, 0.3) is 0 Å². The van der Waals surface area contributed by atoms with Crippen LogP contribution in [-0.2, 0) is 19.1 Å². The summed E-state index contributed by atoms with van der Waals surface area (Å²) >= 11 is 0. The molecule has 78 valence electrons. The molecule has 0 aromatic carbocycles. The monoisotopic (exact) mass is 202 g/mol. The van der Waals surface area contributed by atoms with Crippen molar-refractivity contribution in [2.24, 2.45) is 0 Å². The van der Waals surface area contributed by atoms with E-state index in [2.05, 4.69) is 22.6 Å². The molecule has 0 radical (unpaired) electrons. The Labute approximate surface area is 80.1 Å². The van der Waals surface area contributed by atoms with Gasteiger partial charge in [-0.2, -0.15) is 0 Å². The maximum atomic E-state index is 10.7. The summed E-state index contributed by atoms with van der Waals surface area (Å²) in [4.78, 5) is 21.4. The highest BCUT2D eigenvalue weighted by molar-refractivity contribution is 6.29. The lowest BCUT2D eigenvalue weighted by Crippen LogP contribution is -2.22. The number of rotatable bonds is 4. The average Bonchev–Trinajstić information content (AvgIpc) is 2.09. The molecule has 0 atom stereocenters. The Bertz CT molecular complexity index is 239. The van der Waals surface area contributed by atoms with Crippen LogP contribution in [0.3, 0.4) is 0 Å². The quantitative estimate of drug-likeness (QED) is 0.384. The first kappa shape index (κ1) is 12.0. The van der Waals surface area contributed by atoms with Gasteiger partial charge >= 0.3 is 11.9 Å². The van der Waals surface area contributed by atoms with Crippen LogP contribution >= 0.6 is 0 Å². The van der Waals surface area contributed by atoms with Gasteiger partial charge in [-0.3, -0.25) is 0 Å². The number of esters is 2. The molecule has 0 aliphatic rings. The van der Waals surface area contributed by atoms with Gasteiger partial charge in [-0.15, -0.1) is 0 Å². The van der Waals surface area contributed by atoms with Gasteiger partial charge in [0.2, 0.25) is 0 Å². The van der Waals surface area contributed by atoms with E-state index in [0.717, 1.165) is 0 Å². The van der Waals surface area contributed by atoms with Crippen LogP contribution in [0.5, 0.6) is 0 Å². The molecule has 6 nitrogen and oxygen atoms in total. The van der Waals surface area contributed by atoms with Crippen molar-refractivity contribution < 1.29 is 29.3 Å². The summed E-state index contributed by atoms with van der Waals surface area (Å²) in [6.45, 7) is 5.11. The van der Waals surface area contributed by atoms with E-state index in [1.165, 1.54) is 0 Å². The number of hydrogen-bond donors (Lipinski definition) is 2. The van der Waals surface area contributed by atoms with Gasteiger partial charge in [0.15, 0.2) is 0 Å². The van der Waals surface area contributed by atoms with E-state index in [4.69, 9.17) is 10.2 Å². The topological polar surface area (TPSA) is 93.1 Å². The zero-order valence-electron chi connectivity index (χ0n) is 7.36. The van der Waals surface area contributed by atoms with Gasteiger partial charge in [-0.25, -0.2) is 9.59 Å². The van der Waals surface area contributed by atoms with Gasteiger partial charge in [-0.1, -0.05) is 13.2 Å². The molecule has 0 amide bonds. The zero-order chi connectivity index (χ0) is 11.1. The van der Waals surface area contributed by atoms with E-state index in [9.17, 15) is 9.59 Å². The Hall–Kier alpha value is -1.98. The third kappa shape index (κ3) is 5.64. The van der Waals surface area contributed by atoms with Crippen molar-refractivity contribution in [3.63, 3.8) is 0 Å². The number of aliphatic hydroxyl groups excluding tert-OH is 2. The number of carbonyl (C=O) groups is 2. The summed E-state index contributed by atoms with van der Waals surface area (Å²) in [6.07, 6.45) is 0. The Kier molecular flexibility index (Phi) is 4.83. The van der Waals surface area contributed by atoms with Gasteiger partial charge < -0.3 is 19.7 Å². The summed E-state index contributed by atoms with van der Waals surface area (Å²) in [6, 6.07) is 0. The molecule has 0 saturated heterocycles. The average molecular weight is 202 g/mol. The SMILES string of the molecule is C=C(O)COC(=O)C(=O)OCC(=C)O. The lowest BCUT2D eigenvalue weighted by molar-refractivity contribution is -0.167. The Morgan fingerprint density at radius 2 is 1.21 bits per heavy atom. The first-order valence-electron chi connectivity index (χ1n) is 3.51. The molecule has 0 aromatic rings. The fourth-order valence-electron chi connectivity index (χ4n) is 0.416. The van der Waals surface area contributed by atoms with Crippen LogP contribution in [0, 0.1) is 0 Å². The van der Waals surface area contributed by atoms with Crippen molar-refractivity contribution in [1.29, 1.82) is 0 Å². The lowest BCUT2D eigenvalue weighted by Gasteiger charge is -2.03. The van der Waals surface area contributed by atoms with Gasteiger partial charge in [0.25, 0.3) is 0 Å². The van der Waals surface area contributed by atoms with Gasteiger partial charge in [0.1, 0.15) is 24.7 Å². The maximum absolute atomic E-state index is 10.7. The molecule has 0 spiro atoms. The third-order valence-electron chi connectivity index (χ3n) is 0.906. The van der Waals surface area contributed by atoms with Crippen LogP contribution in [-0.4, -0.2) is 35.4 Å². The minimum absolute atomic E-state index is 0.391. The molecular formula is C8H10O6. The molecule has 0 saturated carbocycles. The Morgan fingerprint density at radius 1 is 0.929 bits per heavy atom. The largest absolute Gasteiger partial charge is 0.509 e. The molecule has 0 rings (SSSR count). The third-order valence-corrected chi connectivity index (χ3v) is 0.906. The second-order valence-electron chi connectivity index (χ2n) is 2.28. The number of ether oxygens (including phenoxy) is 2. The standard InChI is InChI=1S/C8H10O6/c1-5(9)3-13-7(11)8(12)14-4-6(2)10/h9-10H,1-4H2. The number of hydrogen-bond acceptors (Lipinski definition) is 6. The summed E-state index contributed by atoms with van der Waals surface area (Å²) in [5.41, 5.74) is 0. The van der Waals surface area contributed by atoms with Crippen molar-refractivity contribution in [2.45, 2.75) is 0 Å². The van der Waals surface area contributed by atoms with E-state index in [1.807, 2.05) is 0 Å². The van der Waals surface area contributed by atoms with Crippen LogP contribution in [0.15, 0.2) is 24.7 Å². The van der Waals surface area contributed by atoms with Crippen molar-refractivity contribution >= 4 is 11.9 Å².